The number of carbonyl (C=O) groups is 4. The summed E-state index contributed by atoms with van der Waals surface area (Å²) in [7, 11) is 1.40. The highest BCUT2D eigenvalue weighted by atomic mass is 19.2. The highest BCUT2D eigenvalue weighted by molar-refractivity contribution is 6.01. The van der Waals surface area contributed by atoms with Crippen LogP contribution < -0.4 is 10.6 Å². The number of piperidine rings is 1. The smallest absolute Gasteiger partial charge is 0.338 e. The van der Waals surface area contributed by atoms with Crippen LogP contribution in [0.4, 0.5) is 18.4 Å². The lowest BCUT2D eigenvalue weighted by Gasteiger charge is -2.42. The molecule has 0 saturated carbocycles. The second-order valence-corrected chi connectivity index (χ2v) is 12.5. The van der Waals surface area contributed by atoms with Crippen molar-refractivity contribution in [3.63, 3.8) is 0 Å². The fraction of sp³-hybridized carbons (Fsp3) is 0.368. The van der Waals surface area contributed by atoms with Crippen LogP contribution in [0.1, 0.15) is 62.3 Å². The monoisotopic (exact) mass is 688 g/mol. The normalized spacial score (nSPS) is 18.2. The van der Waals surface area contributed by atoms with Crippen molar-refractivity contribution in [1.29, 1.82) is 0 Å². The Kier molecular flexibility index (Phi) is 11.6. The van der Waals surface area contributed by atoms with Crippen molar-refractivity contribution < 1.29 is 37.4 Å². The third-order valence-corrected chi connectivity index (χ3v) is 9.61. The zero-order valence-electron chi connectivity index (χ0n) is 28.4. The van der Waals surface area contributed by atoms with Gasteiger partial charge in [0, 0.05) is 18.3 Å². The maximum Gasteiger partial charge on any atom is 0.338 e. The van der Waals surface area contributed by atoms with Crippen molar-refractivity contribution in [3.8, 4) is 0 Å². The minimum Gasteiger partial charge on any atom is -0.468 e. The van der Waals surface area contributed by atoms with Gasteiger partial charge in [-0.15, -0.1) is 0 Å². The molecular weight excluding hydrogens is 646 g/mol. The van der Waals surface area contributed by atoms with E-state index in [1.54, 1.807) is 31.2 Å². The van der Waals surface area contributed by atoms with E-state index in [-0.39, 0.29) is 48.4 Å². The standard InChI is InChI=1S/C38H42F2N4O6/c1-4-31-32(34(45)50-24-26-11-7-5-8-12-26)33(27-15-16-29(39)30(40)23-27)44(37(48)42-31)36(47)41-20-17-25(2)43-21-18-38(19-22-43,35(46)49-3)28-13-9-6-10-14-28/h5-16,23,25,33H,4,17-22,24H2,1-3H3,(H,41,47)(H,42,48)/t25-,33?/m1/s1. The van der Waals surface area contributed by atoms with Crippen molar-refractivity contribution >= 4 is 24.0 Å². The van der Waals surface area contributed by atoms with Gasteiger partial charge in [0.2, 0.25) is 0 Å². The number of rotatable bonds is 11. The highest BCUT2D eigenvalue weighted by Crippen LogP contribution is 2.38. The van der Waals surface area contributed by atoms with E-state index < -0.39 is 41.1 Å². The molecule has 3 aromatic carbocycles. The largest absolute Gasteiger partial charge is 0.468 e. The molecule has 2 aliphatic heterocycles. The number of methoxy groups -OCH3 is 1. The third-order valence-electron chi connectivity index (χ3n) is 9.61. The topological polar surface area (TPSA) is 117 Å². The van der Waals surface area contributed by atoms with E-state index in [1.807, 2.05) is 43.3 Å². The zero-order chi connectivity index (χ0) is 35.8. The van der Waals surface area contributed by atoms with Gasteiger partial charge in [-0.25, -0.2) is 28.1 Å². The summed E-state index contributed by atoms with van der Waals surface area (Å²) < 4.78 is 39.4. The molecular formula is C38H42F2N4O6. The number of carbonyl (C=O) groups excluding carboxylic acids is 4. The average Bonchev–Trinajstić information content (AvgIpc) is 3.14. The van der Waals surface area contributed by atoms with Crippen LogP contribution in [0.15, 0.2) is 90.1 Å². The van der Waals surface area contributed by atoms with E-state index >= 15 is 0 Å². The Labute approximate surface area is 290 Å². The second kappa shape index (κ2) is 16.1. The van der Waals surface area contributed by atoms with Crippen molar-refractivity contribution in [3.05, 3.63) is 118 Å². The molecule has 264 valence electrons. The number of allylic oxidation sites excluding steroid dienone is 1. The van der Waals surface area contributed by atoms with Gasteiger partial charge in [0.25, 0.3) is 0 Å². The van der Waals surface area contributed by atoms with Crippen LogP contribution in [0.25, 0.3) is 0 Å². The molecule has 2 N–H and O–H groups in total. The van der Waals surface area contributed by atoms with E-state index in [9.17, 15) is 28.0 Å². The Bertz CT molecular complexity index is 1730. The summed E-state index contributed by atoms with van der Waals surface area (Å²) in [4.78, 5) is 56.8. The molecule has 0 aromatic heterocycles. The number of imide groups is 1. The lowest BCUT2D eigenvalue weighted by Crippen LogP contribution is -2.55. The van der Waals surface area contributed by atoms with E-state index in [0.29, 0.717) is 32.4 Å². The summed E-state index contributed by atoms with van der Waals surface area (Å²) in [5, 5.41) is 5.41. The number of nitrogens with one attached hydrogen (secondary N) is 2. The van der Waals surface area contributed by atoms with Gasteiger partial charge in [-0.2, -0.15) is 0 Å². The summed E-state index contributed by atoms with van der Waals surface area (Å²) in [6.45, 7) is 5.09. The van der Waals surface area contributed by atoms with Gasteiger partial charge in [0.1, 0.15) is 12.6 Å². The number of likely N-dealkylation sites (tertiary alicyclic amines) is 1. The van der Waals surface area contributed by atoms with Gasteiger partial charge in [0.15, 0.2) is 11.6 Å². The first-order valence-corrected chi connectivity index (χ1v) is 16.7. The predicted octanol–water partition coefficient (Wildman–Crippen LogP) is 6.13. The maximum absolute atomic E-state index is 14.6. The summed E-state index contributed by atoms with van der Waals surface area (Å²) in [5.74, 6) is -3.38. The highest BCUT2D eigenvalue weighted by Gasteiger charge is 2.45. The Morgan fingerprint density at radius 1 is 0.980 bits per heavy atom. The van der Waals surface area contributed by atoms with E-state index in [0.717, 1.165) is 28.2 Å². The first kappa shape index (κ1) is 36.2. The van der Waals surface area contributed by atoms with Crippen LogP contribution in [0.5, 0.6) is 0 Å². The molecule has 0 spiro atoms. The molecule has 5 rings (SSSR count). The summed E-state index contributed by atoms with van der Waals surface area (Å²) in [5.41, 5.74) is 1.09. The SMILES string of the molecule is CCC1=C(C(=O)OCc2ccccc2)C(c2ccc(F)c(F)c2)N(C(=O)NCC[C@@H](C)N2CCC(C(=O)OC)(c3ccccc3)CC2)C(=O)N1. The molecule has 1 unspecified atom stereocenters. The summed E-state index contributed by atoms with van der Waals surface area (Å²) in [6, 6.07) is 18.6. The van der Waals surface area contributed by atoms with Crippen molar-refractivity contribution in [1.82, 2.24) is 20.4 Å². The van der Waals surface area contributed by atoms with Gasteiger partial charge < -0.3 is 25.0 Å². The molecule has 12 heteroatoms. The van der Waals surface area contributed by atoms with Crippen molar-refractivity contribution in [2.75, 3.05) is 26.7 Å². The van der Waals surface area contributed by atoms with Crippen LogP contribution in [-0.4, -0.2) is 66.6 Å². The lowest BCUT2D eigenvalue weighted by molar-refractivity contribution is -0.150. The molecule has 0 aliphatic carbocycles. The Morgan fingerprint density at radius 3 is 2.26 bits per heavy atom. The molecule has 3 aromatic rings. The lowest BCUT2D eigenvalue weighted by atomic mass is 9.72. The first-order valence-electron chi connectivity index (χ1n) is 16.7. The van der Waals surface area contributed by atoms with Gasteiger partial charge in [-0.1, -0.05) is 73.7 Å². The zero-order valence-corrected chi connectivity index (χ0v) is 28.4. The minimum absolute atomic E-state index is 0.00834. The number of urea groups is 2. The van der Waals surface area contributed by atoms with Gasteiger partial charge in [-0.3, -0.25) is 4.79 Å². The molecule has 0 radical (unpaired) electrons. The molecule has 2 heterocycles. The van der Waals surface area contributed by atoms with Gasteiger partial charge in [-0.05, 0) is 74.5 Å². The van der Waals surface area contributed by atoms with Gasteiger partial charge in [0.05, 0.1) is 18.1 Å². The van der Waals surface area contributed by atoms with Crippen molar-refractivity contribution in [2.45, 2.75) is 63.6 Å². The maximum atomic E-state index is 14.6. The molecule has 1 saturated heterocycles. The number of amides is 4. The molecule has 4 amide bonds. The van der Waals surface area contributed by atoms with Crippen LogP contribution in [0, 0.1) is 11.6 Å². The van der Waals surface area contributed by atoms with E-state index in [2.05, 4.69) is 15.5 Å². The third kappa shape index (κ3) is 7.70. The van der Waals surface area contributed by atoms with Crippen molar-refractivity contribution in [2.24, 2.45) is 0 Å². The predicted molar refractivity (Wildman–Crippen MR) is 181 cm³/mol. The van der Waals surface area contributed by atoms with E-state index in [4.69, 9.17) is 9.47 Å². The first-order chi connectivity index (χ1) is 24.1. The summed E-state index contributed by atoms with van der Waals surface area (Å²) >= 11 is 0. The number of hydrogen-bond donors (Lipinski definition) is 2. The average molecular weight is 689 g/mol. The van der Waals surface area contributed by atoms with Gasteiger partial charge >= 0.3 is 24.0 Å². The quantitative estimate of drug-likeness (QED) is 0.233. The molecule has 10 nitrogen and oxygen atoms in total. The van der Waals surface area contributed by atoms with Crippen LogP contribution in [0.3, 0.4) is 0 Å². The Hall–Kier alpha value is -5.10. The molecule has 50 heavy (non-hydrogen) atoms. The summed E-state index contributed by atoms with van der Waals surface area (Å²) in [6.07, 6.45) is 1.85. The van der Waals surface area contributed by atoms with E-state index in [1.165, 1.54) is 13.2 Å². The van der Waals surface area contributed by atoms with Crippen LogP contribution >= 0.6 is 0 Å². The number of halogens is 2. The number of nitrogens with zero attached hydrogens (tertiary/aromatic N) is 2. The Balaban J connectivity index is 1.30. The van der Waals surface area contributed by atoms with Crippen LogP contribution in [-0.2, 0) is 31.1 Å². The number of ether oxygens (including phenoxy) is 2. The molecule has 0 bridgehead atoms. The minimum atomic E-state index is -1.39. The molecule has 2 atom stereocenters. The van der Waals surface area contributed by atoms with Crippen LogP contribution in [0.2, 0.25) is 0 Å². The fourth-order valence-electron chi connectivity index (χ4n) is 6.76. The number of benzene rings is 3. The second-order valence-electron chi connectivity index (χ2n) is 12.5. The molecule has 1 fully saturated rings. The Morgan fingerprint density at radius 2 is 1.64 bits per heavy atom. The number of esters is 2. The fourth-order valence-corrected chi connectivity index (χ4v) is 6.76. The number of hydrogen-bond acceptors (Lipinski definition) is 7. The molecule has 2 aliphatic rings.